The van der Waals surface area contributed by atoms with E-state index >= 15 is 0 Å². The molecule has 3 rings (SSSR count). The molecule has 1 fully saturated rings. The third-order valence-electron chi connectivity index (χ3n) is 3.84. The zero-order valence-electron chi connectivity index (χ0n) is 12.1. The lowest BCUT2D eigenvalue weighted by Crippen LogP contribution is -2.46. The maximum atomic E-state index is 5.60. The number of nitrogen functional groups attached to an aromatic ring is 1. The number of piperazine rings is 1. The lowest BCUT2D eigenvalue weighted by molar-refractivity contribution is 0.128. The van der Waals surface area contributed by atoms with Crippen LogP contribution in [0.2, 0.25) is 0 Å². The van der Waals surface area contributed by atoms with Crippen molar-refractivity contribution in [3.05, 3.63) is 40.9 Å². The Morgan fingerprint density at radius 1 is 1.00 bits per heavy atom. The number of hydrogen-bond donors (Lipinski definition) is 1. The van der Waals surface area contributed by atoms with Crippen LogP contribution in [0.4, 0.5) is 5.13 Å². The van der Waals surface area contributed by atoms with Crippen LogP contribution >= 0.6 is 11.3 Å². The summed E-state index contributed by atoms with van der Waals surface area (Å²) in [6, 6.07) is 10.7. The Morgan fingerprint density at radius 3 is 2.38 bits per heavy atom. The summed E-state index contributed by atoms with van der Waals surface area (Å²) in [7, 11) is 0. The van der Waals surface area contributed by atoms with Crippen LogP contribution in [0.15, 0.2) is 30.3 Å². The summed E-state index contributed by atoms with van der Waals surface area (Å²) in [5.74, 6) is 0. The Labute approximate surface area is 129 Å². The third-order valence-corrected chi connectivity index (χ3v) is 4.65. The predicted octanol–water partition coefficient (Wildman–Crippen LogP) is 1.48. The lowest BCUT2D eigenvalue weighted by atomic mass is 10.2. The summed E-state index contributed by atoms with van der Waals surface area (Å²) in [6.45, 7) is 6.62. The lowest BCUT2D eigenvalue weighted by Gasteiger charge is -2.34. The van der Waals surface area contributed by atoms with Crippen LogP contribution in [-0.4, -0.2) is 52.7 Å². The van der Waals surface area contributed by atoms with Crippen molar-refractivity contribution in [3.8, 4) is 0 Å². The molecule has 1 aliphatic rings. The highest BCUT2D eigenvalue weighted by molar-refractivity contribution is 7.15. The van der Waals surface area contributed by atoms with Gasteiger partial charge in [0.05, 0.1) is 0 Å². The molecule has 5 nitrogen and oxygen atoms in total. The van der Waals surface area contributed by atoms with Crippen molar-refractivity contribution < 1.29 is 0 Å². The first-order valence-electron chi connectivity index (χ1n) is 7.36. The standard InChI is InChI=1S/C15H21N5S/c16-15-18-17-14(21-15)6-7-19-8-10-20(11-9-19)12-13-4-2-1-3-5-13/h1-5H,6-12H2,(H2,16,18). The average Bonchev–Trinajstić information content (AvgIpc) is 2.93. The summed E-state index contributed by atoms with van der Waals surface area (Å²) in [4.78, 5) is 5.02. The van der Waals surface area contributed by atoms with Crippen LogP contribution in [0.25, 0.3) is 0 Å². The molecular weight excluding hydrogens is 282 g/mol. The van der Waals surface area contributed by atoms with Crippen molar-refractivity contribution >= 4 is 16.5 Å². The van der Waals surface area contributed by atoms with Crippen molar-refractivity contribution in [2.75, 3.05) is 38.5 Å². The minimum Gasteiger partial charge on any atom is -0.374 e. The van der Waals surface area contributed by atoms with E-state index in [-0.39, 0.29) is 0 Å². The van der Waals surface area contributed by atoms with Crippen LogP contribution in [0, 0.1) is 0 Å². The number of rotatable bonds is 5. The SMILES string of the molecule is Nc1nnc(CCN2CCN(Cc3ccccc3)CC2)s1. The number of aromatic nitrogens is 2. The molecule has 0 atom stereocenters. The fourth-order valence-electron chi connectivity index (χ4n) is 2.63. The molecule has 0 spiro atoms. The quantitative estimate of drug-likeness (QED) is 0.907. The molecule has 112 valence electrons. The van der Waals surface area contributed by atoms with Crippen molar-refractivity contribution in [1.82, 2.24) is 20.0 Å². The van der Waals surface area contributed by atoms with Gasteiger partial charge < -0.3 is 10.6 Å². The molecule has 0 aliphatic carbocycles. The fourth-order valence-corrected chi connectivity index (χ4v) is 3.23. The van der Waals surface area contributed by atoms with Gasteiger partial charge in [0.2, 0.25) is 5.13 Å². The summed E-state index contributed by atoms with van der Waals surface area (Å²) in [6.07, 6.45) is 0.952. The Morgan fingerprint density at radius 2 is 1.71 bits per heavy atom. The van der Waals surface area contributed by atoms with E-state index in [9.17, 15) is 0 Å². The van der Waals surface area contributed by atoms with Gasteiger partial charge >= 0.3 is 0 Å². The molecule has 0 radical (unpaired) electrons. The largest absolute Gasteiger partial charge is 0.374 e. The van der Waals surface area contributed by atoms with Gasteiger partial charge in [0, 0.05) is 45.7 Å². The molecule has 2 heterocycles. The molecule has 0 unspecified atom stereocenters. The first-order chi connectivity index (χ1) is 10.3. The zero-order valence-corrected chi connectivity index (χ0v) is 12.9. The van der Waals surface area contributed by atoms with Gasteiger partial charge in [-0.1, -0.05) is 41.7 Å². The van der Waals surface area contributed by atoms with E-state index in [0.717, 1.165) is 50.7 Å². The Kier molecular flexibility index (Phi) is 4.80. The van der Waals surface area contributed by atoms with Gasteiger partial charge in [-0.15, -0.1) is 10.2 Å². The molecular formula is C15H21N5S. The zero-order chi connectivity index (χ0) is 14.5. The summed E-state index contributed by atoms with van der Waals surface area (Å²) < 4.78 is 0. The molecule has 0 amide bonds. The molecule has 2 aromatic rings. The molecule has 6 heteroatoms. The Hall–Kier alpha value is -1.50. The normalized spacial score (nSPS) is 17.1. The number of nitrogens with zero attached hydrogens (tertiary/aromatic N) is 4. The molecule has 0 bridgehead atoms. The number of hydrogen-bond acceptors (Lipinski definition) is 6. The van der Waals surface area contributed by atoms with Gasteiger partial charge in [0.15, 0.2) is 0 Å². The van der Waals surface area contributed by atoms with E-state index in [1.807, 2.05) is 0 Å². The van der Waals surface area contributed by atoms with Crippen LogP contribution < -0.4 is 5.73 Å². The van der Waals surface area contributed by atoms with Crippen LogP contribution in [-0.2, 0) is 13.0 Å². The summed E-state index contributed by atoms with van der Waals surface area (Å²) in [5.41, 5.74) is 7.00. The second-order valence-corrected chi connectivity index (χ2v) is 6.48. The van der Waals surface area contributed by atoms with E-state index in [1.165, 1.54) is 16.9 Å². The molecule has 1 aliphatic heterocycles. The molecule has 0 saturated carbocycles. The highest BCUT2D eigenvalue weighted by atomic mass is 32.1. The monoisotopic (exact) mass is 303 g/mol. The minimum atomic E-state index is 0.567. The highest BCUT2D eigenvalue weighted by Crippen LogP contribution is 2.13. The predicted molar refractivity (Wildman–Crippen MR) is 86.2 cm³/mol. The van der Waals surface area contributed by atoms with Gasteiger partial charge in [-0.25, -0.2) is 0 Å². The Bertz CT molecular complexity index is 548. The number of nitrogens with two attached hydrogens (primary N) is 1. The van der Waals surface area contributed by atoms with E-state index in [1.54, 1.807) is 0 Å². The van der Waals surface area contributed by atoms with E-state index in [2.05, 4.69) is 50.3 Å². The van der Waals surface area contributed by atoms with Crippen LogP contribution in [0.1, 0.15) is 10.6 Å². The van der Waals surface area contributed by atoms with Crippen molar-refractivity contribution in [2.45, 2.75) is 13.0 Å². The smallest absolute Gasteiger partial charge is 0.203 e. The van der Waals surface area contributed by atoms with Gasteiger partial charge in [-0.2, -0.15) is 0 Å². The van der Waals surface area contributed by atoms with Crippen molar-refractivity contribution in [2.24, 2.45) is 0 Å². The van der Waals surface area contributed by atoms with Gasteiger partial charge in [0.25, 0.3) is 0 Å². The van der Waals surface area contributed by atoms with E-state index < -0.39 is 0 Å². The molecule has 2 N–H and O–H groups in total. The van der Waals surface area contributed by atoms with E-state index in [0.29, 0.717) is 5.13 Å². The fraction of sp³-hybridized carbons (Fsp3) is 0.467. The summed E-state index contributed by atoms with van der Waals surface area (Å²) >= 11 is 1.50. The van der Waals surface area contributed by atoms with Gasteiger partial charge in [-0.3, -0.25) is 4.90 Å². The average molecular weight is 303 g/mol. The maximum absolute atomic E-state index is 5.60. The minimum absolute atomic E-state index is 0.567. The molecule has 21 heavy (non-hydrogen) atoms. The second kappa shape index (κ2) is 6.98. The summed E-state index contributed by atoms with van der Waals surface area (Å²) in [5, 5.41) is 9.54. The van der Waals surface area contributed by atoms with Crippen LogP contribution in [0.3, 0.4) is 0 Å². The first kappa shape index (κ1) is 14.4. The van der Waals surface area contributed by atoms with E-state index in [4.69, 9.17) is 5.73 Å². The van der Waals surface area contributed by atoms with Gasteiger partial charge in [0.1, 0.15) is 5.01 Å². The molecule has 1 aromatic carbocycles. The Balaban J connectivity index is 1.40. The number of benzene rings is 1. The number of anilines is 1. The third kappa shape index (κ3) is 4.23. The maximum Gasteiger partial charge on any atom is 0.203 e. The van der Waals surface area contributed by atoms with Crippen molar-refractivity contribution in [1.29, 1.82) is 0 Å². The van der Waals surface area contributed by atoms with Gasteiger partial charge in [-0.05, 0) is 5.56 Å². The van der Waals surface area contributed by atoms with Crippen LogP contribution in [0.5, 0.6) is 0 Å². The highest BCUT2D eigenvalue weighted by Gasteiger charge is 2.17. The molecule has 1 saturated heterocycles. The topological polar surface area (TPSA) is 58.3 Å². The van der Waals surface area contributed by atoms with Crippen molar-refractivity contribution in [3.63, 3.8) is 0 Å². The second-order valence-electron chi connectivity index (χ2n) is 5.39. The molecule has 1 aromatic heterocycles. The first-order valence-corrected chi connectivity index (χ1v) is 8.18.